The first-order valence-corrected chi connectivity index (χ1v) is 11.2. The molecule has 1 N–H and O–H groups in total. The molecular formula is C21H16N2O5S2. The van der Waals surface area contributed by atoms with Gasteiger partial charge in [0, 0.05) is 22.8 Å². The molecule has 0 amide bonds. The lowest BCUT2D eigenvalue weighted by Crippen LogP contribution is -2.13. The van der Waals surface area contributed by atoms with Crippen molar-refractivity contribution in [3.8, 4) is 0 Å². The zero-order valence-electron chi connectivity index (χ0n) is 15.7. The highest BCUT2D eigenvalue weighted by Gasteiger charge is 2.20. The highest BCUT2D eigenvalue weighted by Crippen LogP contribution is 2.24. The van der Waals surface area contributed by atoms with Crippen molar-refractivity contribution in [2.75, 3.05) is 11.8 Å². The number of carbonyl (C=O) groups is 2. The lowest BCUT2D eigenvalue weighted by Gasteiger charge is -2.08. The van der Waals surface area contributed by atoms with E-state index in [4.69, 9.17) is 4.74 Å². The van der Waals surface area contributed by atoms with Gasteiger partial charge in [0.15, 0.2) is 0 Å². The van der Waals surface area contributed by atoms with Crippen molar-refractivity contribution in [1.82, 2.24) is 4.57 Å². The van der Waals surface area contributed by atoms with Gasteiger partial charge >= 0.3 is 5.97 Å². The van der Waals surface area contributed by atoms with E-state index >= 15 is 0 Å². The van der Waals surface area contributed by atoms with E-state index in [0.717, 1.165) is 11.3 Å². The molecule has 0 radical (unpaired) electrons. The number of esters is 1. The molecule has 4 rings (SSSR count). The number of thiophene rings is 1. The third-order valence-corrected chi connectivity index (χ3v) is 7.26. The number of hydrogen-bond acceptors (Lipinski definition) is 6. The number of carbonyl (C=O) groups excluding carboxylic acids is 2. The van der Waals surface area contributed by atoms with Crippen molar-refractivity contribution in [2.45, 2.75) is 4.21 Å². The zero-order chi connectivity index (χ0) is 21.3. The van der Waals surface area contributed by atoms with Gasteiger partial charge in [-0.05, 0) is 41.8 Å². The van der Waals surface area contributed by atoms with Crippen molar-refractivity contribution in [3.63, 3.8) is 0 Å². The van der Waals surface area contributed by atoms with E-state index in [1.807, 2.05) is 0 Å². The van der Waals surface area contributed by atoms with E-state index in [9.17, 15) is 18.0 Å². The van der Waals surface area contributed by atoms with E-state index in [0.29, 0.717) is 27.7 Å². The Bertz CT molecular complexity index is 1340. The third kappa shape index (κ3) is 3.60. The standard InChI is InChI=1S/C21H16N2O5S2/c1-28-21(25)17-13-23(18-6-3-2-5-16(17)18)20(24)14-8-10-15(11-9-14)22-30(26,27)19-7-4-12-29-19/h2-13,22H,1H3. The average Bonchev–Trinajstić information content (AvgIpc) is 3.42. The van der Waals surface area contributed by atoms with Crippen LogP contribution < -0.4 is 4.72 Å². The highest BCUT2D eigenvalue weighted by molar-refractivity contribution is 7.94. The molecule has 2 aromatic heterocycles. The molecule has 0 saturated carbocycles. The van der Waals surface area contributed by atoms with Crippen LogP contribution in [-0.4, -0.2) is 32.0 Å². The van der Waals surface area contributed by atoms with Crippen LogP contribution in [0.1, 0.15) is 20.7 Å². The first kappa shape index (κ1) is 19.9. The molecule has 0 spiro atoms. The minimum Gasteiger partial charge on any atom is -0.465 e. The number of rotatable bonds is 5. The highest BCUT2D eigenvalue weighted by atomic mass is 32.2. The topological polar surface area (TPSA) is 94.5 Å². The molecule has 30 heavy (non-hydrogen) atoms. The van der Waals surface area contributed by atoms with Gasteiger partial charge in [-0.15, -0.1) is 11.3 Å². The van der Waals surface area contributed by atoms with Gasteiger partial charge in [-0.1, -0.05) is 24.3 Å². The predicted octanol–water partition coefficient (Wildman–Crippen LogP) is 3.98. The fraction of sp³-hybridized carbons (Fsp3) is 0.0476. The summed E-state index contributed by atoms with van der Waals surface area (Å²) < 4.78 is 33.5. The minimum atomic E-state index is -3.67. The largest absolute Gasteiger partial charge is 0.465 e. The first-order valence-electron chi connectivity index (χ1n) is 8.80. The van der Waals surface area contributed by atoms with Gasteiger partial charge in [0.05, 0.1) is 18.2 Å². The number of nitrogens with one attached hydrogen (secondary N) is 1. The summed E-state index contributed by atoms with van der Waals surface area (Å²) in [4.78, 5) is 25.1. The molecule has 2 aromatic carbocycles. The van der Waals surface area contributed by atoms with E-state index in [1.165, 1.54) is 48.2 Å². The van der Waals surface area contributed by atoms with Crippen LogP contribution in [0.2, 0.25) is 0 Å². The number of aromatic nitrogens is 1. The second-order valence-corrected chi connectivity index (χ2v) is 9.20. The summed E-state index contributed by atoms with van der Waals surface area (Å²) in [5, 5.41) is 2.29. The van der Waals surface area contributed by atoms with Gasteiger partial charge in [0.25, 0.3) is 15.9 Å². The number of anilines is 1. The van der Waals surface area contributed by atoms with Crippen LogP contribution >= 0.6 is 11.3 Å². The monoisotopic (exact) mass is 440 g/mol. The number of hydrogen-bond donors (Lipinski definition) is 1. The Morgan fingerprint density at radius 1 is 1.00 bits per heavy atom. The molecule has 0 saturated heterocycles. The van der Waals surface area contributed by atoms with Crippen molar-refractivity contribution < 1.29 is 22.7 Å². The molecule has 0 aliphatic heterocycles. The number of para-hydroxylation sites is 1. The second-order valence-electron chi connectivity index (χ2n) is 6.34. The summed E-state index contributed by atoms with van der Waals surface area (Å²) in [6.07, 6.45) is 1.45. The molecule has 0 unspecified atom stereocenters. The molecule has 0 bridgehead atoms. The summed E-state index contributed by atoms with van der Waals surface area (Å²) in [5.41, 5.74) is 1.55. The number of nitrogens with zero attached hydrogens (tertiary/aromatic N) is 1. The number of sulfonamides is 1. The Labute approximate surface area is 176 Å². The molecular weight excluding hydrogens is 424 g/mol. The number of methoxy groups -OCH3 is 1. The summed E-state index contributed by atoms with van der Waals surface area (Å²) in [7, 11) is -2.38. The number of benzene rings is 2. The number of fused-ring (bicyclic) bond motifs is 1. The maximum absolute atomic E-state index is 13.0. The van der Waals surface area contributed by atoms with E-state index in [1.54, 1.807) is 35.7 Å². The van der Waals surface area contributed by atoms with E-state index < -0.39 is 16.0 Å². The van der Waals surface area contributed by atoms with Crippen molar-refractivity contribution >= 4 is 49.8 Å². The molecule has 0 atom stereocenters. The quantitative estimate of drug-likeness (QED) is 0.474. The normalized spacial score (nSPS) is 11.4. The molecule has 7 nitrogen and oxygen atoms in total. The van der Waals surface area contributed by atoms with Gasteiger partial charge in [-0.2, -0.15) is 0 Å². The third-order valence-electron chi connectivity index (χ3n) is 4.48. The molecule has 2 heterocycles. The Kier molecular flexibility index (Phi) is 5.15. The first-order chi connectivity index (χ1) is 14.4. The van der Waals surface area contributed by atoms with Crippen LogP contribution in [0.25, 0.3) is 10.9 Å². The minimum absolute atomic E-state index is 0.205. The zero-order valence-corrected chi connectivity index (χ0v) is 17.4. The fourth-order valence-electron chi connectivity index (χ4n) is 3.06. The predicted molar refractivity (Wildman–Crippen MR) is 115 cm³/mol. The Morgan fingerprint density at radius 3 is 2.40 bits per heavy atom. The van der Waals surface area contributed by atoms with Gasteiger partial charge in [-0.3, -0.25) is 14.1 Å². The molecule has 0 aliphatic rings. The molecule has 152 valence electrons. The van der Waals surface area contributed by atoms with Crippen LogP contribution in [0.15, 0.2) is 76.4 Å². The van der Waals surface area contributed by atoms with Crippen molar-refractivity contribution in [2.24, 2.45) is 0 Å². The van der Waals surface area contributed by atoms with Crippen LogP contribution in [-0.2, 0) is 14.8 Å². The van der Waals surface area contributed by atoms with Gasteiger partial charge < -0.3 is 4.74 Å². The summed E-state index contributed by atoms with van der Waals surface area (Å²) in [6.45, 7) is 0. The Hall–Kier alpha value is -3.43. The van der Waals surface area contributed by atoms with Crippen LogP contribution in [0.5, 0.6) is 0 Å². The van der Waals surface area contributed by atoms with Crippen LogP contribution in [0, 0.1) is 0 Å². The summed E-state index contributed by atoms with van der Waals surface area (Å²) in [6, 6.07) is 16.3. The van der Waals surface area contributed by atoms with Gasteiger partial charge in [0.1, 0.15) is 4.21 Å². The summed E-state index contributed by atoms with van der Waals surface area (Å²) in [5.74, 6) is -0.884. The summed E-state index contributed by atoms with van der Waals surface area (Å²) >= 11 is 1.12. The maximum atomic E-state index is 13.0. The van der Waals surface area contributed by atoms with E-state index in [2.05, 4.69) is 4.72 Å². The van der Waals surface area contributed by atoms with Gasteiger partial charge in [-0.25, -0.2) is 13.2 Å². The fourth-order valence-corrected chi connectivity index (χ4v) is 5.11. The lowest BCUT2D eigenvalue weighted by atomic mass is 10.2. The van der Waals surface area contributed by atoms with Gasteiger partial charge in [0.2, 0.25) is 0 Å². The lowest BCUT2D eigenvalue weighted by molar-refractivity contribution is 0.0603. The smallest absolute Gasteiger partial charge is 0.340 e. The maximum Gasteiger partial charge on any atom is 0.340 e. The van der Waals surface area contributed by atoms with Crippen molar-refractivity contribution in [1.29, 1.82) is 0 Å². The SMILES string of the molecule is COC(=O)c1cn(C(=O)c2ccc(NS(=O)(=O)c3cccs3)cc2)c2ccccc12. The van der Waals surface area contributed by atoms with Crippen LogP contribution in [0.4, 0.5) is 5.69 Å². The Morgan fingerprint density at radius 2 is 1.73 bits per heavy atom. The average molecular weight is 441 g/mol. The van der Waals surface area contributed by atoms with E-state index in [-0.39, 0.29) is 10.1 Å². The molecule has 0 aliphatic carbocycles. The molecule has 9 heteroatoms. The molecule has 0 fully saturated rings. The Balaban J connectivity index is 1.64. The van der Waals surface area contributed by atoms with Crippen LogP contribution in [0.3, 0.4) is 0 Å². The van der Waals surface area contributed by atoms with Crippen molar-refractivity contribution in [3.05, 3.63) is 83.4 Å². The molecule has 4 aromatic rings. The second kappa shape index (κ2) is 7.77. The number of ether oxygens (including phenoxy) is 1.